The average molecular weight is 480 g/mol. The van der Waals surface area contributed by atoms with Crippen molar-refractivity contribution in [3.63, 3.8) is 0 Å². The van der Waals surface area contributed by atoms with Crippen LogP contribution in [0, 0.1) is 5.92 Å². The predicted molar refractivity (Wildman–Crippen MR) is 143 cm³/mol. The molecule has 0 atom stereocenters. The molecule has 0 amide bonds. The monoisotopic (exact) mass is 479 g/mol. The first-order valence-corrected chi connectivity index (χ1v) is 13.1. The zero-order valence-electron chi connectivity index (χ0n) is 19.3. The van der Waals surface area contributed by atoms with Gasteiger partial charge in [0.05, 0.1) is 6.54 Å². The second-order valence-electron chi connectivity index (χ2n) is 8.75. The summed E-state index contributed by atoms with van der Waals surface area (Å²) in [6, 6.07) is 22.1. The van der Waals surface area contributed by atoms with Crippen LogP contribution in [-0.2, 0) is 6.54 Å². The molecule has 6 heteroatoms. The number of anilines is 1. The number of hydrogen-bond donors (Lipinski definition) is 1. The third-order valence-corrected chi connectivity index (χ3v) is 7.30. The lowest BCUT2D eigenvalue weighted by Gasteiger charge is -2.31. The molecule has 2 heterocycles. The molecule has 0 bridgehead atoms. The lowest BCUT2D eigenvalue weighted by Crippen LogP contribution is -2.38. The Morgan fingerprint density at radius 2 is 1.76 bits per heavy atom. The molecule has 1 fully saturated rings. The Kier molecular flexibility index (Phi) is 8.75. The van der Waals surface area contributed by atoms with E-state index < -0.39 is 0 Å². The maximum atomic E-state index is 5.90. The number of para-hydroxylation sites is 1. The molecule has 1 aliphatic rings. The fourth-order valence-electron chi connectivity index (χ4n) is 4.05. The highest BCUT2D eigenvalue weighted by molar-refractivity contribution is 7.80. The van der Waals surface area contributed by atoms with E-state index >= 15 is 0 Å². The van der Waals surface area contributed by atoms with E-state index in [1.807, 2.05) is 54.6 Å². The van der Waals surface area contributed by atoms with Gasteiger partial charge in [0.1, 0.15) is 11.5 Å². The second-order valence-corrected chi connectivity index (χ2v) is 10.2. The van der Waals surface area contributed by atoms with E-state index in [1.54, 1.807) is 11.3 Å². The van der Waals surface area contributed by atoms with Gasteiger partial charge in [0, 0.05) is 17.1 Å². The van der Waals surface area contributed by atoms with Gasteiger partial charge in [-0.3, -0.25) is 0 Å². The van der Waals surface area contributed by atoms with Crippen LogP contribution in [0.25, 0.3) is 0 Å². The molecule has 1 aliphatic heterocycles. The quantitative estimate of drug-likeness (QED) is 0.338. The molecule has 3 aromatic rings. The molecule has 0 aliphatic carbocycles. The number of thiocarbonyl (C=S) groups is 1. The van der Waals surface area contributed by atoms with Crippen molar-refractivity contribution in [2.45, 2.75) is 32.7 Å². The van der Waals surface area contributed by atoms with Gasteiger partial charge >= 0.3 is 0 Å². The third-order valence-electron chi connectivity index (χ3n) is 6.08. The van der Waals surface area contributed by atoms with Gasteiger partial charge < -0.3 is 19.9 Å². The molecule has 1 aromatic heterocycles. The van der Waals surface area contributed by atoms with Crippen LogP contribution in [0.2, 0.25) is 0 Å². The van der Waals surface area contributed by atoms with E-state index in [1.165, 1.54) is 30.8 Å². The molecule has 0 unspecified atom stereocenters. The van der Waals surface area contributed by atoms with Gasteiger partial charge in [0.2, 0.25) is 0 Å². The fourth-order valence-corrected chi connectivity index (χ4v) is 5.04. The summed E-state index contributed by atoms with van der Waals surface area (Å²) in [4.78, 5) is 6.23. The Bertz CT molecular complexity index is 968. The molecule has 0 saturated carbocycles. The van der Waals surface area contributed by atoms with Crippen molar-refractivity contribution < 1.29 is 4.74 Å². The summed E-state index contributed by atoms with van der Waals surface area (Å²) in [7, 11) is 0. The second kappa shape index (κ2) is 12.2. The number of nitrogens with zero attached hydrogens (tertiary/aromatic N) is 2. The van der Waals surface area contributed by atoms with Gasteiger partial charge in [-0.25, -0.2) is 0 Å². The van der Waals surface area contributed by atoms with Crippen molar-refractivity contribution in [2.75, 3.05) is 31.5 Å². The standard InChI is InChI=1S/C27H33N3OS2/c1-22-14-18-29(19-15-22)16-6-17-30(21-26-9-5-20-33-26)27(32)28-23-10-12-25(13-11-23)31-24-7-3-2-4-8-24/h2-5,7-13,20,22H,6,14-19,21H2,1H3,(H,28,32). The Labute approximate surface area is 207 Å². The highest BCUT2D eigenvalue weighted by Gasteiger charge is 2.17. The van der Waals surface area contributed by atoms with Crippen molar-refractivity contribution >= 4 is 34.4 Å². The summed E-state index contributed by atoms with van der Waals surface area (Å²) >= 11 is 7.61. The molecule has 174 valence electrons. The number of rotatable bonds is 9. The average Bonchev–Trinajstić information content (AvgIpc) is 3.35. The minimum absolute atomic E-state index is 0.771. The van der Waals surface area contributed by atoms with Crippen LogP contribution >= 0.6 is 23.6 Å². The topological polar surface area (TPSA) is 27.7 Å². The number of benzene rings is 2. The zero-order valence-corrected chi connectivity index (χ0v) is 20.9. The molecule has 4 rings (SSSR count). The SMILES string of the molecule is CC1CCN(CCCN(Cc2cccs2)C(=S)Nc2ccc(Oc3ccccc3)cc2)CC1. The molecule has 4 nitrogen and oxygen atoms in total. The minimum atomic E-state index is 0.771. The van der Waals surface area contributed by atoms with Crippen LogP contribution in [0.1, 0.15) is 31.1 Å². The van der Waals surface area contributed by atoms with Gasteiger partial charge in [-0.05, 0) is 105 Å². The normalized spacial score (nSPS) is 14.7. The van der Waals surface area contributed by atoms with E-state index in [-0.39, 0.29) is 0 Å². The highest BCUT2D eigenvalue weighted by Crippen LogP contribution is 2.23. The number of thiophene rings is 1. The van der Waals surface area contributed by atoms with Crippen LogP contribution in [0.15, 0.2) is 72.1 Å². The highest BCUT2D eigenvalue weighted by atomic mass is 32.1. The molecule has 1 N–H and O–H groups in total. The lowest BCUT2D eigenvalue weighted by molar-refractivity contribution is 0.186. The smallest absolute Gasteiger partial charge is 0.173 e. The Hall–Kier alpha value is -2.41. The Balaban J connectivity index is 1.32. The minimum Gasteiger partial charge on any atom is -0.457 e. The molecular formula is C27H33N3OS2. The van der Waals surface area contributed by atoms with E-state index in [4.69, 9.17) is 17.0 Å². The summed E-state index contributed by atoms with van der Waals surface area (Å²) in [5.41, 5.74) is 0.974. The van der Waals surface area contributed by atoms with Crippen molar-refractivity contribution in [3.8, 4) is 11.5 Å². The fraction of sp³-hybridized carbons (Fsp3) is 0.370. The maximum absolute atomic E-state index is 5.90. The van der Waals surface area contributed by atoms with Crippen LogP contribution < -0.4 is 10.1 Å². The summed E-state index contributed by atoms with van der Waals surface area (Å²) in [6.45, 7) is 7.76. The van der Waals surface area contributed by atoms with Gasteiger partial charge in [-0.1, -0.05) is 31.2 Å². The van der Waals surface area contributed by atoms with Gasteiger partial charge in [0.25, 0.3) is 0 Å². The first kappa shape index (κ1) is 23.7. The molecular weight excluding hydrogens is 446 g/mol. The summed E-state index contributed by atoms with van der Waals surface area (Å²) in [5, 5.41) is 6.33. The van der Waals surface area contributed by atoms with Crippen molar-refractivity contribution in [1.29, 1.82) is 0 Å². The first-order chi connectivity index (χ1) is 16.2. The number of piperidine rings is 1. The summed E-state index contributed by atoms with van der Waals surface area (Å²) in [6.07, 6.45) is 3.76. The predicted octanol–water partition coefficient (Wildman–Crippen LogP) is 6.86. The van der Waals surface area contributed by atoms with Crippen molar-refractivity contribution in [3.05, 3.63) is 77.0 Å². The van der Waals surface area contributed by atoms with Gasteiger partial charge in [-0.15, -0.1) is 11.3 Å². The number of hydrogen-bond acceptors (Lipinski definition) is 4. The largest absolute Gasteiger partial charge is 0.457 e. The molecule has 0 radical (unpaired) electrons. The first-order valence-electron chi connectivity index (χ1n) is 11.8. The number of ether oxygens (including phenoxy) is 1. The van der Waals surface area contributed by atoms with E-state index in [0.717, 1.165) is 54.3 Å². The van der Waals surface area contributed by atoms with E-state index in [2.05, 4.69) is 39.6 Å². The van der Waals surface area contributed by atoms with Crippen LogP contribution in [-0.4, -0.2) is 41.1 Å². The number of nitrogens with one attached hydrogen (secondary N) is 1. The summed E-state index contributed by atoms with van der Waals surface area (Å²) in [5.74, 6) is 2.51. The van der Waals surface area contributed by atoms with Crippen LogP contribution in [0.4, 0.5) is 5.69 Å². The Morgan fingerprint density at radius 1 is 1.03 bits per heavy atom. The van der Waals surface area contributed by atoms with Crippen molar-refractivity contribution in [1.82, 2.24) is 9.80 Å². The van der Waals surface area contributed by atoms with Crippen LogP contribution in [0.5, 0.6) is 11.5 Å². The lowest BCUT2D eigenvalue weighted by atomic mass is 9.99. The Morgan fingerprint density at radius 3 is 2.45 bits per heavy atom. The number of likely N-dealkylation sites (tertiary alicyclic amines) is 1. The summed E-state index contributed by atoms with van der Waals surface area (Å²) < 4.78 is 5.90. The van der Waals surface area contributed by atoms with E-state index in [0.29, 0.717) is 0 Å². The maximum Gasteiger partial charge on any atom is 0.173 e. The third kappa shape index (κ3) is 7.56. The van der Waals surface area contributed by atoms with E-state index in [9.17, 15) is 0 Å². The molecule has 33 heavy (non-hydrogen) atoms. The van der Waals surface area contributed by atoms with Crippen molar-refractivity contribution in [2.24, 2.45) is 5.92 Å². The zero-order chi connectivity index (χ0) is 22.9. The molecule has 1 saturated heterocycles. The van der Waals surface area contributed by atoms with Gasteiger partial charge in [0.15, 0.2) is 5.11 Å². The van der Waals surface area contributed by atoms with Gasteiger partial charge in [-0.2, -0.15) is 0 Å². The van der Waals surface area contributed by atoms with Crippen LogP contribution in [0.3, 0.4) is 0 Å². The molecule has 0 spiro atoms. The molecule has 2 aromatic carbocycles.